The molecule has 2 aromatic rings. The number of imidazole rings is 1. The van der Waals surface area contributed by atoms with Crippen molar-refractivity contribution < 1.29 is 0 Å². The molecule has 19 heavy (non-hydrogen) atoms. The molecule has 0 bridgehead atoms. The van der Waals surface area contributed by atoms with E-state index >= 15 is 0 Å². The molecule has 1 aliphatic heterocycles. The highest BCUT2D eigenvalue weighted by molar-refractivity contribution is 5.17. The lowest BCUT2D eigenvalue weighted by Crippen LogP contribution is -2.29. The molecule has 0 saturated carbocycles. The number of nitrogens with two attached hydrogens (primary N) is 1. The quantitative estimate of drug-likeness (QED) is 0.901. The summed E-state index contributed by atoms with van der Waals surface area (Å²) in [6, 6.07) is 10.8. The van der Waals surface area contributed by atoms with E-state index in [4.69, 9.17) is 5.73 Å². The van der Waals surface area contributed by atoms with Gasteiger partial charge in [0.15, 0.2) is 0 Å². The van der Waals surface area contributed by atoms with E-state index in [1.807, 2.05) is 19.6 Å². The minimum Gasteiger partial charge on any atom is -0.337 e. The third kappa shape index (κ3) is 2.55. The Morgan fingerprint density at radius 3 is 2.74 bits per heavy atom. The number of benzene rings is 1. The number of nitrogens with zero attached hydrogens (tertiary/aromatic N) is 3. The largest absolute Gasteiger partial charge is 0.337 e. The van der Waals surface area contributed by atoms with Gasteiger partial charge in [-0.15, -0.1) is 0 Å². The van der Waals surface area contributed by atoms with Gasteiger partial charge in [-0.25, -0.2) is 4.98 Å². The van der Waals surface area contributed by atoms with Crippen LogP contribution in [0.15, 0.2) is 42.9 Å². The average molecular weight is 256 g/mol. The van der Waals surface area contributed by atoms with Crippen LogP contribution in [0.2, 0.25) is 0 Å². The molecule has 1 fully saturated rings. The topological polar surface area (TPSA) is 47.1 Å². The fourth-order valence-electron chi connectivity index (χ4n) is 2.92. The Hall–Kier alpha value is -1.65. The van der Waals surface area contributed by atoms with Crippen LogP contribution >= 0.6 is 0 Å². The van der Waals surface area contributed by atoms with Crippen LogP contribution < -0.4 is 5.73 Å². The second-order valence-electron chi connectivity index (χ2n) is 5.38. The smallest absolute Gasteiger partial charge is 0.0945 e. The fourth-order valence-corrected chi connectivity index (χ4v) is 2.92. The van der Waals surface area contributed by atoms with Gasteiger partial charge in [0.25, 0.3) is 0 Å². The monoisotopic (exact) mass is 256 g/mol. The number of likely N-dealkylation sites (tertiary alicyclic amines) is 1. The van der Waals surface area contributed by atoms with Gasteiger partial charge in [0.2, 0.25) is 0 Å². The molecule has 0 unspecified atom stereocenters. The molecule has 2 atom stereocenters. The summed E-state index contributed by atoms with van der Waals surface area (Å²) in [7, 11) is 2.04. The molecule has 100 valence electrons. The molecule has 3 rings (SSSR count). The number of aryl methyl sites for hydroxylation is 1. The fraction of sp³-hybridized carbons (Fsp3) is 0.400. The maximum Gasteiger partial charge on any atom is 0.0945 e. The maximum absolute atomic E-state index is 6.30. The molecule has 1 aromatic carbocycles. The standard InChI is InChI=1S/C15H20N4/c1-18-11-17-7-15(18)13-9-19(10-14(13)16)8-12-5-3-2-4-6-12/h2-7,11,13-14H,8-10,16H2,1H3/t13-,14-/m1/s1. The molecule has 0 radical (unpaired) electrons. The van der Waals surface area contributed by atoms with Gasteiger partial charge in [-0.1, -0.05) is 30.3 Å². The summed E-state index contributed by atoms with van der Waals surface area (Å²) >= 11 is 0. The molecule has 0 amide bonds. The highest BCUT2D eigenvalue weighted by atomic mass is 15.2. The molecule has 4 heteroatoms. The Bertz CT molecular complexity index is 534. The zero-order valence-corrected chi connectivity index (χ0v) is 11.2. The van der Waals surface area contributed by atoms with E-state index in [0.29, 0.717) is 5.92 Å². The predicted molar refractivity (Wildman–Crippen MR) is 75.6 cm³/mol. The van der Waals surface area contributed by atoms with Gasteiger partial charge in [0.05, 0.1) is 6.33 Å². The highest BCUT2D eigenvalue weighted by Gasteiger charge is 2.32. The Labute approximate surface area is 113 Å². The predicted octanol–water partition coefficient (Wildman–Crippen LogP) is 1.35. The van der Waals surface area contributed by atoms with Crippen molar-refractivity contribution in [1.29, 1.82) is 0 Å². The summed E-state index contributed by atoms with van der Waals surface area (Å²) in [5.41, 5.74) is 8.89. The van der Waals surface area contributed by atoms with Crippen LogP contribution in [-0.2, 0) is 13.6 Å². The van der Waals surface area contributed by atoms with Crippen molar-refractivity contribution in [2.75, 3.05) is 13.1 Å². The Morgan fingerprint density at radius 2 is 2.05 bits per heavy atom. The lowest BCUT2D eigenvalue weighted by molar-refractivity contribution is 0.323. The minimum absolute atomic E-state index is 0.194. The van der Waals surface area contributed by atoms with Gasteiger partial charge in [0, 0.05) is 50.5 Å². The van der Waals surface area contributed by atoms with E-state index in [9.17, 15) is 0 Å². The average Bonchev–Trinajstić information content (AvgIpc) is 2.97. The third-order valence-electron chi connectivity index (χ3n) is 3.92. The summed E-state index contributed by atoms with van der Waals surface area (Å²) in [4.78, 5) is 6.63. The summed E-state index contributed by atoms with van der Waals surface area (Å²) in [5.74, 6) is 0.385. The first kappa shape index (κ1) is 12.4. The van der Waals surface area contributed by atoms with Crippen LogP contribution in [0.5, 0.6) is 0 Å². The van der Waals surface area contributed by atoms with E-state index in [2.05, 4.69) is 44.8 Å². The van der Waals surface area contributed by atoms with Gasteiger partial charge in [0.1, 0.15) is 0 Å². The molecule has 2 N–H and O–H groups in total. The van der Waals surface area contributed by atoms with Crippen LogP contribution in [0.1, 0.15) is 17.2 Å². The van der Waals surface area contributed by atoms with Crippen molar-refractivity contribution in [3.05, 3.63) is 54.1 Å². The zero-order chi connectivity index (χ0) is 13.2. The molecule has 4 nitrogen and oxygen atoms in total. The van der Waals surface area contributed by atoms with E-state index in [1.165, 1.54) is 11.3 Å². The van der Waals surface area contributed by atoms with Crippen LogP contribution in [-0.4, -0.2) is 33.6 Å². The third-order valence-corrected chi connectivity index (χ3v) is 3.92. The SMILES string of the molecule is Cn1cncc1[C@@H]1CN(Cc2ccccc2)C[C@H]1N. The Morgan fingerprint density at radius 1 is 1.26 bits per heavy atom. The number of hydrogen-bond acceptors (Lipinski definition) is 3. The van der Waals surface area contributed by atoms with Crippen molar-refractivity contribution in [3.8, 4) is 0 Å². The molecular weight excluding hydrogens is 236 g/mol. The van der Waals surface area contributed by atoms with Crippen LogP contribution in [0.4, 0.5) is 0 Å². The van der Waals surface area contributed by atoms with E-state index in [-0.39, 0.29) is 6.04 Å². The van der Waals surface area contributed by atoms with Gasteiger partial charge < -0.3 is 10.3 Å². The van der Waals surface area contributed by atoms with Gasteiger partial charge in [-0.2, -0.15) is 0 Å². The van der Waals surface area contributed by atoms with Gasteiger partial charge in [-0.05, 0) is 5.56 Å². The Kier molecular flexibility index (Phi) is 3.36. The molecule has 1 saturated heterocycles. The lowest BCUT2D eigenvalue weighted by Gasteiger charge is -2.16. The Balaban J connectivity index is 1.70. The first-order valence-corrected chi connectivity index (χ1v) is 6.72. The second kappa shape index (κ2) is 5.15. The molecule has 1 aromatic heterocycles. The number of aromatic nitrogens is 2. The first-order valence-electron chi connectivity index (χ1n) is 6.72. The zero-order valence-electron chi connectivity index (χ0n) is 11.2. The van der Waals surface area contributed by atoms with Crippen LogP contribution in [0.3, 0.4) is 0 Å². The van der Waals surface area contributed by atoms with Crippen molar-refractivity contribution in [2.45, 2.75) is 18.5 Å². The molecule has 2 heterocycles. The first-order chi connectivity index (χ1) is 9.24. The van der Waals surface area contributed by atoms with Gasteiger partial charge >= 0.3 is 0 Å². The summed E-state index contributed by atoms with van der Waals surface area (Å²) in [6.45, 7) is 2.93. The van der Waals surface area contributed by atoms with Gasteiger partial charge in [-0.3, -0.25) is 4.90 Å². The maximum atomic E-state index is 6.30. The van der Waals surface area contributed by atoms with E-state index in [1.54, 1.807) is 0 Å². The highest BCUT2D eigenvalue weighted by Crippen LogP contribution is 2.26. The van der Waals surface area contributed by atoms with Crippen molar-refractivity contribution in [3.63, 3.8) is 0 Å². The van der Waals surface area contributed by atoms with Crippen LogP contribution in [0, 0.1) is 0 Å². The molecular formula is C15H20N4. The summed E-state index contributed by atoms with van der Waals surface area (Å²) < 4.78 is 2.08. The minimum atomic E-state index is 0.194. The summed E-state index contributed by atoms with van der Waals surface area (Å²) in [6.07, 6.45) is 3.79. The molecule has 0 spiro atoms. The molecule has 0 aliphatic carbocycles. The van der Waals surface area contributed by atoms with Crippen molar-refractivity contribution in [1.82, 2.24) is 14.5 Å². The van der Waals surface area contributed by atoms with E-state index in [0.717, 1.165) is 19.6 Å². The van der Waals surface area contributed by atoms with Crippen molar-refractivity contribution in [2.24, 2.45) is 12.8 Å². The molecule has 1 aliphatic rings. The lowest BCUT2D eigenvalue weighted by atomic mass is 10.0. The van der Waals surface area contributed by atoms with E-state index < -0.39 is 0 Å². The van der Waals surface area contributed by atoms with Crippen LogP contribution in [0.25, 0.3) is 0 Å². The summed E-state index contributed by atoms with van der Waals surface area (Å²) in [5, 5.41) is 0. The second-order valence-corrected chi connectivity index (χ2v) is 5.38. The number of hydrogen-bond donors (Lipinski definition) is 1. The number of rotatable bonds is 3. The van der Waals surface area contributed by atoms with Crippen molar-refractivity contribution >= 4 is 0 Å². The normalized spacial score (nSPS) is 23.9.